The number of ether oxygens (including phenoxy) is 1. The lowest BCUT2D eigenvalue weighted by molar-refractivity contribution is 0.117. The number of hydrogen-bond acceptors (Lipinski definition) is 3. The highest BCUT2D eigenvalue weighted by atomic mass is 35.5. The third kappa shape index (κ3) is 5.06. The molecule has 1 unspecified atom stereocenters. The van der Waals surface area contributed by atoms with Gasteiger partial charge in [-0.1, -0.05) is 24.9 Å². The molecule has 17 heavy (non-hydrogen) atoms. The molecule has 0 saturated carbocycles. The van der Waals surface area contributed by atoms with Crippen molar-refractivity contribution in [3.63, 3.8) is 0 Å². The van der Waals surface area contributed by atoms with Crippen LogP contribution in [0.25, 0.3) is 0 Å². The van der Waals surface area contributed by atoms with Crippen molar-refractivity contribution in [1.82, 2.24) is 15.3 Å². The number of aryl methyl sites for hydroxylation is 1. The number of imidazole rings is 1. The molecule has 0 saturated heterocycles. The Hall–Kier alpha value is -0.580. The third-order valence-electron chi connectivity index (χ3n) is 2.68. The second-order valence-electron chi connectivity index (χ2n) is 4.23. The molecule has 0 spiro atoms. The van der Waals surface area contributed by atoms with Gasteiger partial charge in [-0.05, 0) is 13.3 Å². The Morgan fingerprint density at radius 2 is 2.29 bits per heavy atom. The topological polar surface area (TPSA) is 49.9 Å². The predicted molar refractivity (Wildman–Crippen MR) is 70.4 cm³/mol. The van der Waals surface area contributed by atoms with E-state index in [9.17, 15) is 0 Å². The molecule has 5 heteroatoms. The third-order valence-corrected chi connectivity index (χ3v) is 2.99. The van der Waals surface area contributed by atoms with Gasteiger partial charge < -0.3 is 15.0 Å². The maximum Gasteiger partial charge on any atom is 0.151 e. The Morgan fingerprint density at radius 1 is 1.53 bits per heavy atom. The zero-order valence-corrected chi connectivity index (χ0v) is 11.6. The molecule has 0 amide bonds. The summed E-state index contributed by atoms with van der Waals surface area (Å²) < 4.78 is 5.16. The van der Waals surface area contributed by atoms with E-state index in [-0.39, 0.29) is 6.10 Å². The summed E-state index contributed by atoms with van der Waals surface area (Å²) in [5, 5.41) is 3.86. The molecule has 1 atom stereocenters. The van der Waals surface area contributed by atoms with Gasteiger partial charge in [0.15, 0.2) is 5.15 Å². The molecule has 2 N–H and O–H groups in total. The van der Waals surface area contributed by atoms with Crippen molar-refractivity contribution in [3.8, 4) is 0 Å². The summed E-state index contributed by atoms with van der Waals surface area (Å²) >= 11 is 6.06. The molecule has 1 heterocycles. The first-order chi connectivity index (χ1) is 8.17. The van der Waals surface area contributed by atoms with Gasteiger partial charge in [-0.25, -0.2) is 4.98 Å². The van der Waals surface area contributed by atoms with E-state index in [4.69, 9.17) is 16.3 Å². The van der Waals surface area contributed by atoms with Crippen molar-refractivity contribution in [2.75, 3.05) is 13.7 Å². The smallest absolute Gasteiger partial charge is 0.151 e. The second-order valence-corrected chi connectivity index (χ2v) is 4.59. The summed E-state index contributed by atoms with van der Waals surface area (Å²) in [4.78, 5) is 7.57. The van der Waals surface area contributed by atoms with E-state index in [1.165, 1.54) is 0 Å². The molecule has 4 nitrogen and oxygen atoms in total. The average Bonchev–Trinajstić information content (AvgIpc) is 2.67. The molecule has 0 radical (unpaired) electrons. The van der Waals surface area contributed by atoms with Crippen molar-refractivity contribution in [2.45, 2.75) is 45.8 Å². The Morgan fingerprint density at radius 3 is 2.94 bits per heavy atom. The average molecular weight is 260 g/mol. The summed E-state index contributed by atoms with van der Waals surface area (Å²) in [5.74, 6) is 0.980. The summed E-state index contributed by atoms with van der Waals surface area (Å²) in [6.45, 7) is 5.69. The lowest BCUT2D eigenvalue weighted by Gasteiger charge is -2.09. The van der Waals surface area contributed by atoms with Gasteiger partial charge in [0.05, 0.1) is 11.8 Å². The number of nitrogens with one attached hydrogen (secondary N) is 2. The SMILES string of the molecule is CCCCc1nc(Cl)c(CNCC(C)OC)[nH]1. The number of methoxy groups -OCH3 is 1. The van der Waals surface area contributed by atoms with E-state index in [0.29, 0.717) is 11.7 Å². The van der Waals surface area contributed by atoms with Crippen LogP contribution in [0.5, 0.6) is 0 Å². The maximum atomic E-state index is 6.06. The van der Waals surface area contributed by atoms with Gasteiger partial charge in [0.2, 0.25) is 0 Å². The van der Waals surface area contributed by atoms with E-state index in [0.717, 1.165) is 37.3 Å². The van der Waals surface area contributed by atoms with E-state index >= 15 is 0 Å². The predicted octanol–water partition coefficient (Wildman–Crippen LogP) is 2.53. The summed E-state index contributed by atoms with van der Waals surface area (Å²) in [6, 6.07) is 0. The number of hydrogen-bond donors (Lipinski definition) is 2. The molecule has 0 aliphatic rings. The van der Waals surface area contributed by atoms with E-state index in [1.807, 2.05) is 6.92 Å². The van der Waals surface area contributed by atoms with E-state index in [1.54, 1.807) is 7.11 Å². The maximum absolute atomic E-state index is 6.06. The molecule has 1 rings (SSSR count). The van der Waals surface area contributed by atoms with E-state index in [2.05, 4.69) is 22.2 Å². The summed E-state index contributed by atoms with van der Waals surface area (Å²) in [7, 11) is 1.71. The Labute approximate surface area is 108 Å². The van der Waals surface area contributed by atoms with Crippen LogP contribution in [-0.2, 0) is 17.7 Å². The van der Waals surface area contributed by atoms with Gasteiger partial charge in [0.1, 0.15) is 5.82 Å². The van der Waals surface area contributed by atoms with Crippen LogP contribution in [0.15, 0.2) is 0 Å². The number of nitrogens with zero attached hydrogens (tertiary/aromatic N) is 1. The summed E-state index contributed by atoms with van der Waals surface area (Å²) in [5.41, 5.74) is 0.959. The van der Waals surface area contributed by atoms with Crippen LogP contribution in [0.1, 0.15) is 38.2 Å². The van der Waals surface area contributed by atoms with Gasteiger partial charge in [0.25, 0.3) is 0 Å². The molecular weight excluding hydrogens is 238 g/mol. The highest BCUT2D eigenvalue weighted by Crippen LogP contribution is 2.13. The molecule has 98 valence electrons. The van der Waals surface area contributed by atoms with Crippen LogP contribution in [0.2, 0.25) is 5.15 Å². The lowest BCUT2D eigenvalue weighted by atomic mass is 10.2. The number of aromatic nitrogens is 2. The number of H-pyrrole nitrogens is 1. The number of rotatable bonds is 8. The summed E-state index contributed by atoms with van der Waals surface area (Å²) in [6.07, 6.45) is 3.47. The first kappa shape index (κ1) is 14.5. The fourth-order valence-corrected chi connectivity index (χ4v) is 1.72. The highest BCUT2D eigenvalue weighted by Gasteiger charge is 2.08. The Kier molecular flexibility index (Phi) is 6.55. The first-order valence-corrected chi connectivity index (χ1v) is 6.52. The molecule has 0 bridgehead atoms. The van der Waals surface area contributed by atoms with Crippen molar-refractivity contribution < 1.29 is 4.74 Å². The largest absolute Gasteiger partial charge is 0.380 e. The van der Waals surface area contributed by atoms with Crippen LogP contribution >= 0.6 is 11.6 Å². The van der Waals surface area contributed by atoms with Gasteiger partial charge in [0, 0.05) is 26.6 Å². The van der Waals surface area contributed by atoms with Crippen LogP contribution in [0, 0.1) is 0 Å². The zero-order chi connectivity index (χ0) is 12.7. The zero-order valence-electron chi connectivity index (χ0n) is 10.8. The van der Waals surface area contributed by atoms with Crippen molar-refractivity contribution >= 4 is 11.6 Å². The molecule has 0 aliphatic carbocycles. The van der Waals surface area contributed by atoms with Gasteiger partial charge in [-0.2, -0.15) is 0 Å². The second kappa shape index (κ2) is 7.69. The fraction of sp³-hybridized carbons (Fsp3) is 0.750. The number of aromatic amines is 1. The monoisotopic (exact) mass is 259 g/mol. The van der Waals surface area contributed by atoms with Gasteiger partial charge in [-0.3, -0.25) is 0 Å². The Balaban J connectivity index is 2.39. The van der Waals surface area contributed by atoms with Crippen molar-refractivity contribution in [2.24, 2.45) is 0 Å². The van der Waals surface area contributed by atoms with Crippen LogP contribution in [0.3, 0.4) is 0 Å². The standard InChI is InChI=1S/C12H22ClN3O/c1-4-5-6-11-15-10(12(13)16-11)8-14-7-9(2)17-3/h9,14H,4-8H2,1-3H3,(H,15,16). The minimum atomic E-state index is 0.205. The quantitative estimate of drug-likeness (QED) is 0.754. The van der Waals surface area contributed by atoms with Gasteiger partial charge >= 0.3 is 0 Å². The molecule has 0 aromatic carbocycles. The minimum Gasteiger partial charge on any atom is -0.380 e. The number of halogens is 1. The van der Waals surface area contributed by atoms with Crippen LogP contribution in [-0.4, -0.2) is 29.7 Å². The Bertz CT molecular complexity index is 328. The van der Waals surface area contributed by atoms with Crippen molar-refractivity contribution in [1.29, 1.82) is 0 Å². The molecule has 1 aromatic rings. The van der Waals surface area contributed by atoms with Gasteiger partial charge in [-0.15, -0.1) is 0 Å². The molecule has 1 aromatic heterocycles. The fourth-order valence-electron chi connectivity index (χ4n) is 1.50. The highest BCUT2D eigenvalue weighted by molar-refractivity contribution is 6.30. The molecular formula is C12H22ClN3O. The molecule has 0 fully saturated rings. The van der Waals surface area contributed by atoms with Crippen LogP contribution in [0.4, 0.5) is 0 Å². The first-order valence-electron chi connectivity index (χ1n) is 6.14. The van der Waals surface area contributed by atoms with Crippen molar-refractivity contribution in [3.05, 3.63) is 16.7 Å². The minimum absolute atomic E-state index is 0.205. The number of unbranched alkanes of at least 4 members (excludes halogenated alkanes) is 1. The molecule has 0 aliphatic heterocycles. The van der Waals surface area contributed by atoms with E-state index < -0.39 is 0 Å². The van der Waals surface area contributed by atoms with Crippen LogP contribution < -0.4 is 5.32 Å². The lowest BCUT2D eigenvalue weighted by Crippen LogP contribution is -2.25. The normalized spacial score (nSPS) is 12.9.